The fourth-order valence-corrected chi connectivity index (χ4v) is 3.56. The molecule has 0 aliphatic heterocycles. The van der Waals surface area contributed by atoms with Gasteiger partial charge in [0.25, 0.3) is 0 Å². The van der Waals surface area contributed by atoms with Crippen LogP contribution in [0.2, 0.25) is 0 Å². The first-order chi connectivity index (χ1) is 11.7. The van der Waals surface area contributed by atoms with Gasteiger partial charge in [-0.25, -0.2) is 0 Å². The number of ketones is 1. The van der Waals surface area contributed by atoms with Gasteiger partial charge in [0, 0.05) is 18.1 Å². The van der Waals surface area contributed by atoms with E-state index in [0.717, 1.165) is 40.6 Å². The van der Waals surface area contributed by atoms with E-state index in [4.69, 9.17) is 5.73 Å². The van der Waals surface area contributed by atoms with Crippen molar-refractivity contribution in [3.63, 3.8) is 0 Å². The van der Waals surface area contributed by atoms with Crippen LogP contribution < -0.4 is 10.3 Å². The normalized spacial score (nSPS) is 15.7. The van der Waals surface area contributed by atoms with Crippen LogP contribution in [-0.2, 0) is 13.5 Å². The van der Waals surface area contributed by atoms with Crippen LogP contribution in [0.5, 0.6) is 0 Å². The van der Waals surface area contributed by atoms with Gasteiger partial charge in [-0.3, -0.25) is 4.79 Å². The monoisotopic (exact) mass is 315 g/mol. The summed E-state index contributed by atoms with van der Waals surface area (Å²) in [6.45, 7) is 0. The number of anilines is 1. The van der Waals surface area contributed by atoms with Crippen LogP contribution in [0.4, 0.5) is 5.69 Å². The van der Waals surface area contributed by atoms with Gasteiger partial charge in [0.2, 0.25) is 5.52 Å². The van der Waals surface area contributed by atoms with Gasteiger partial charge >= 0.3 is 0 Å². The van der Waals surface area contributed by atoms with Crippen molar-refractivity contribution < 1.29 is 9.36 Å². The number of Topliss-reactive ketones (excluding diaryl/α,β-unsaturated/α-hetero) is 1. The molecular formula is C21H19N2O+. The highest BCUT2D eigenvalue weighted by Gasteiger charge is 2.32. The number of hydrogen-bond donors (Lipinski definition) is 1. The second-order valence-corrected chi connectivity index (χ2v) is 6.22. The Bertz CT molecular complexity index is 988. The average molecular weight is 315 g/mol. The molecule has 0 radical (unpaired) electrons. The number of aryl methyl sites for hydroxylation is 1. The van der Waals surface area contributed by atoms with Crippen molar-refractivity contribution in [3.05, 3.63) is 77.0 Å². The van der Waals surface area contributed by atoms with E-state index >= 15 is 0 Å². The molecule has 0 saturated heterocycles. The third-order valence-electron chi connectivity index (χ3n) is 4.81. The van der Waals surface area contributed by atoms with Crippen molar-refractivity contribution >= 4 is 28.4 Å². The van der Waals surface area contributed by atoms with Crippen molar-refractivity contribution in [2.24, 2.45) is 7.05 Å². The summed E-state index contributed by atoms with van der Waals surface area (Å²) in [4.78, 5) is 13.1. The Morgan fingerprint density at radius 3 is 2.50 bits per heavy atom. The Balaban J connectivity index is 1.90. The number of benzene rings is 2. The molecule has 2 aromatic carbocycles. The van der Waals surface area contributed by atoms with Crippen molar-refractivity contribution in [2.45, 2.75) is 12.8 Å². The first-order valence-corrected chi connectivity index (χ1v) is 8.16. The molecular weight excluding hydrogens is 296 g/mol. The summed E-state index contributed by atoms with van der Waals surface area (Å²) < 4.78 is 2.11. The van der Waals surface area contributed by atoms with E-state index in [2.05, 4.69) is 4.57 Å². The fourth-order valence-electron chi connectivity index (χ4n) is 3.56. The maximum absolute atomic E-state index is 13.1. The second-order valence-electron chi connectivity index (χ2n) is 6.22. The van der Waals surface area contributed by atoms with Crippen LogP contribution >= 0.6 is 0 Å². The van der Waals surface area contributed by atoms with Crippen molar-refractivity contribution in [3.8, 4) is 0 Å². The minimum absolute atomic E-state index is 0.0546. The fraction of sp³-hybridized carbons (Fsp3) is 0.143. The molecule has 24 heavy (non-hydrogen) atoms. The number of carbonyl (C=O) groups is 1. The van der Waals surface area contributed by atoms with Crippen LogP contribution in [0, 0.1) is 0 Å². The van der Waals surface area contributed by atoms with Gasteiger partial charge in [-0.15, -0.1) is 0 Å². The summed E-state index contributed by atoms with van der Waals surface area (Å²) in [6.07, 6.45) is 3.55. The number of nitrogens with two attached hydrogens (primary N) is 1. The lowest BCUT2D eigenvalue weighted by Gasteiger charge is -2.18. The molecule has 1 aromatic heterocycles. The van der Waals surface area contributed by atoms with E-state index in [9.17, 15) is 4.79 Å². The molecule has 0 spiro atoms. The number of nitrogens with zero attached hydrogens (tertiary/aromatic N) is 1. The summed E-state index contributed by atoms with van der Waals surface area (Å²) in [5.41, 5.74) is 11.6. The Labute approximate surface area is 141 Å². The number of allylic oxidation sites excluding steroid dienone is 1. The molecule has 3 nitrogen and oxygen atoms in total. The number of fused-ring (bicyclic) bond motifs is 2. The number of aromatic nitrogens is 1. The zero-order valence-electron chi connectivity index (χ0n) is 13.6. The lowest BCUT2D eigenvalue weighted by atomic mass is 9.86. The topological polar surface area (TPSA) is 47.0 Å². The minimum atomic E-state index is 0.0546. The summed E-state index contributed by atoms with van der Waals surface area (Å²) in [7, 11) is 2.01. The SMILES string of the molecule is C[n+]1c2c(c(N)c3ccccc31)C(=O)/C(=C\c1ccccc1)CC2. The van der Waals surface area contributed by atoms with E-state index in [-0.39, 0.29) is 5.78 Å². The largest absolute Gasteiger partial charge is 0.397 e. The minimum Gasteiger partial charge on any atom is -0.397 e. The Morgan fingerprint density at radius 2 is 1.71 bits per heavy atom. The number of rotatable bonds is 1. The number of hydrogen-bond acceptors (Lipinski definition) is 2. The maximum atomic E-state index is 13.1. The molecule has 0 amide bonds. The molecule has 0 saturated carbocycles. The van der Waals surface area contributed by atoms with Crippen LogP contribution in [0.1, 0.15) is 28.0 Å². The molecule has 3 heteroatoms. The Hall–Kier alpha value is -2.94. The third-order valence-corrected chi connectivity index (χ3v) is 4.81. The maximum Gasteiger partial charge on any atom is 0.214 e. The lowest BCUT2D eigenvalue weighted by Crippen LogP contribution is -2.39. The average Bonchev–Trinajstić information content (AvgIpc) is 2.62. The first-order valence-electron chi connectivity index (χ1n) is 8.16. The highest BCUT2D eigenvalue weighted by Crippen LogP contribution is 2.32. The van der Waals surface area contributed by atoms with Crippen LogP contribution in [-0.4, -0.2) is 5.78 Å². The molecule has 2 N–H and O–H groups in total. The number of nitrogen functional groups attached to an aromatic ring is 1. The standard InChI is InChI=1S/C21H18N2O/c1-23-17-10-6-5-9-16(17)20(22)19-18(23)12-11-15(21(19)24)13-14-7-3-2-4-8-14/h2-10,13,22H,11-12H2,1H3/p+1/b15-13-. The molecule has 1 aliphatic rings. The van der Waals surface area contributed by atoms with Gasteiger partial charge in [0.1, 0.15) is 12.6 Å². The number of carbonyl (C=O) groups excluding carboxylic acids is 1. The number of para-hydroxylation sites is 1. The summed E-state index contributed by atoms with van der Waals surface area (Å²) >= 11 is 0. The smallest absolute Gasteiger partial charge is 0.214 e. The lowest BCUT2D eigenvalue weighted by molar-refractivity contribution is -0.653. The molecule has 1 aliphatic carbocycles. The molecule has 3 aromatic rings. The van der Waals surface area contributed by atoms with Gasteiger partial charge in [-0.2, -0.15) is 4.57 Å². The first kappa shape index (κ1) is 14.6. The van der Waals surface area contributed by atoms with Crippen LogP contribution in [0.25, 0.3) is 17.0 Å². The van der Waals surface area contributed by atoms with E-state index < -0.39 is 0 Å². The molecule has 0 unspecified atom stereocenters. The van der Waals surface area contributed by atoms with Crippen molar-refractivity contribution in [2.75, 3.05) is 5.73 Å². The molecule has 4 rings (SSSR count). The zero-order chi connectivity index (χ0) is 16.7. The summed E-state index contributed by atoms with van der Waals surface area (Å²) in [5.74, 6) is 0.0546. The Kier molecular flexibility index (Phi) is 3.42. The van der Waals surface area contributed by atoms with E-state index in [0.29, 0.717) is 11.3 Å². The summed E-state index contributed by atoms with van der Waals surface area (Å²) in [5, 5.41) is 0.938. The zero-order valence-corrected chi connectivity index (χ0v) is 13.6. The van der Waals surface area contributed by atoms with Crippen LogP contribution in [0.3, 0.4) is 0 Å². The van der Waals surface area contributed by atoms with Gasteiger partial charge in [0.15, 0.2) is 11.5 Å². The second kappa shape index (κ2) is 5.60. The van der Waals surface area contributed by atoms with Crippen LogP contribution in [0.15, 0.2) is 60.2 Å². The van der Waals surface area contributed by atoms with Gasteiger partial charge in [-0.05, 0) is 24.1 Å². The molecule has 0 atom stereocenters. The van der Waals surface area contributed by atoms with Crippen molar-refractivity contribution in [1.29, 1.82) is 0 Å². The van der Waals surface area contributed by atoms with Gasteiger partial charge < -0.3 is 5.73 Å². The highest BCUT2D eigenvalue weighted by atomic mass is 16.1. The highest BCUT2D eigenvalue weighted by molar-refractivity contribution is 6.18. The quantitative estimate of drug-likeness (QED) is 0.552. The van der Waals surface area contributed by atoms with Gasteiger partial charge in [-0.1, -0.05) is 42.5 Å². The van der Waals surface area contributed by atoms with E-state index in [1.54, 1.807) is 0 Å². The van der Waals surface area contributed by atoms with Gasteiger partial charge in [0.05, 0.1) is 11.1 Å². The van der Waals surface area contributed by atoms with Crippen molar-refractivity contribution in [1.82, 2.24) is 0 Å². The molecule has 118 valence electrons. The summed E-state index contributed by atoms with van der Waals surface area (Å²) in [6, 6.07) is 18.0. The molecule has 0 fully saturated rings. The predicted molar refractivity (Wildman–Crippen MR) is 96.6 cm³/mol. The van der Waals surface area contributed by atoms with E-state index in [1.165, 1.54) is 0 Å². The Morgan fingerprint density at radius 1 is 1.00 bits per heavy atom. The molecule has 0 bridgehead atoms. The third kappa shape index (κ3) is 2.21. The van der Waals surface area contributed by atoms with E-state index in [1.807, 2.05) is 67.7 Å². The predicted octanol–water partition coefficient (Wildman–Crippen LogP) is 3.46. The number of pyridine rings is 1. The molecule has 1 heterocycles.